The van der Waals surface area contributed by atoms with Crippen LogP contribution in [0.2, 0.25) is 0 Å². The van der Waals surface area contributed by atoms with E-state index in [1.165, 1.54) is 23.1 Å². The Morgan fingerprint density at radius 3 is 2.85 bits per heavy atom. The maximum absolute atomic E-state index is 12.9. The van der Waals surface area contributed by atoms with Crippen molar-refractivity contribution >= 4 is 23.2 Å². The van der Waals surface area contributed by atoms with Gasteiger partial charge in [-0.2, -0.15) is 0 Å². The second kappa shape index (κ2) is 7.31. The van der Waals surface area contributed by atoms with Gasteiger partial charge in [-0.1, -0.05) is 13.8 Å². The Kier molecular flexibility index (Phi) is 5.11. The van der Waals surface area contributed by atoms with Crippen LogP contribution in [-0.2, 0) is 9.59 Å². The molecule has 8 nitrogen and oxygen atoms in total. The third kappa shape index (κ3) is 3.49. The quantitative estimate of drug-likeness (QED) is 0.606. The number of carbonyl (C=O) groups is 2. The molecule has 0 spiro atoms. The van der Waals surface area contributed by atoms with Gasteiger partial charge in [-0.3, -0.25) is 24.6 Å². The molecule has 3 rings (SSSR count). The molecule has 1 unspecified atom stereocenters. The lowest BCUT2D eigenvalue weighted by Gasteiger charge is -2.39. The summed E-state index contributed by atoms with van der Waals surface area (Å²) in [6.07, 6.45) is 3.01. The fraction of sp³-hybridized carbons (Fsp3) is 0.556. The molecule has 0 saturated carbocycles. The third-order valence-corrected chi connectivity index (χ3v) is 5.03. The van der Waals surface area contributed by atoms with Gasteiger partial charge in [-0.05, 0) is 31.2 Å². The molecule has 26 heavy (non-hydrogen) atoms. The van der Waals surface area contributed by atoms with Crippen molar-refractivity contribution in [1.29, 1.82) is 0 Å². The molecule has 0 N–H and O–H groups in total. The Morgan fingerprint density at radius 1 is 1.38 bits per heavy atom. The summed E-state index contributed by atoms with van der Waals surface area (Å²) >= 11 is 0. The molecule has 1 aromatic rings. The monoisotopic (exact) mass is 361 g/mol. The fourth-order valence-corrected chi connectivity index (χ4v) is 3.66. The van der Waals surface area contributed by atoms with Gasteiger partial charge in [0.05, 0.1) is 10.6 Å². The van der Waals surface area contributed by atoms with Crippen molar-refractivity contribution in [2.24, 2.45) is 5.92 Å². The maximum atomic E-state index is 12.9. The van der Waals surface area contributed by atoms with E-state index in [9.17, 15) is 19.7 Å². The SMILES string of the molecule is CC(C)C1CCCCN1C(=O)CN1C(=O)COc2ccc([N+](=O)[O-])cc21. The lowest BCUT2D eigenvalue weighted by Crippen LogP contribution is -2.52. The molecule has 1 aromatic carbocycles. The zero-order valence-corrected chi connectivity index (χ0v) is 15.0. The average molecular weight is 361 g/mol. The number of nitrogens with zero attached hydrogens (tertiary/aromatic N) is 3. The molecule has 2 aliphatic heterocycles. The van der Waals surface area contributed by atoms with E-state index in [1.54, 1.807) is 0 Å². The lowest BCUT2D eigenvalue weighted by molar-refractivity contribution is -0.384. The Hall–Kier alpha value is -2.64. The molecule has 140 valence electrons. The van der Waals surface area contributed by atoms with Crippen LogP contribution in [0, 0.1) is 16.0 Å². The van der Waals surface area contributed by atoms with Crippen LogP contribution in [0.1, 0.15) is 33.1 Å². The summed E-state index contributed by atoms with van der Waals surface area (Å²) < 4.78 is 5.35. The first-order valence-corrected chi connectivity index (χ1v) is 8.89. The minimum atomic E-state index is -0.529. The van der Waals surface area contributed by atoms with Gasteiger partial charge in [0.1, 0.15) is 12.3 Å². The Morgan fingerprint density at radius 2 is 2.15 bits per heavy atom. The van der Waals surface area contributed by atoms with Crippen molar-refractivity contribution in [3.05, 3.63) is 28.3 Å². The molecule has 8 heteroatoms. The predicted octanol–water partition coefficient (Wildman–Crippen LogP) is 2.36. The highest BCUT2D eigenvalue weighted by Gasteiger charge is 2.34. The number of hydrogen-bond donors (Lipinski definition) is 0. The summed E-state index contributed by atoms with van der Waals surface area (Å²) in [7, 11) is 0. The van der Waals surface area contributed by atoms with Crippen molar-refractivity contribution in [1.82, 2.24) is 4.90 Å². The number of likely N-dealkylation sites (tertiary alicyclic amines) is 1. The summed E-state index contributed by atoms with van der Waals surface area (Å²) in [6, 6.07) is 4.25. The zero-order valence-electron chi connectivity index (χ0n) is 15.0. The van der Waals surface area contributed by atoms with E-state index < -0.39 is 4.92 Å². The van der Waals surface area contributed by atoms with Crippen molar-refractivity contribution in [2.45, 2.75) is 39.2 Å². The minimum absolute atomic E-state index is 0.125. The Balaban J connectivity index is 1.85. The number of anilines is 1. The third-order valence-electron chi connectivity index (χ3n) is 5.03. The highest BCUT2D eigenvalue weighted by Crippen LogP contribution is 2.35. The summed E-state index contributed by atoms with van der Waals surface area (Å²) in [5.74, 6) is 0.218. The van der Waals surface area contributed by atoms with Crippen molar-refractivity contribution in [3.8, 4) is 5.75 Å². The summed E-state index contributed by atoms with van der Waals surface area (Å²) in [5, 5.41) is 11.0. The second-order valence-corrected chi connectivity index (χ2v) is 7.07. The van der Waals surface area contributed by atoms with Crippen LogP contribution >= 0.6 is 0 Å². The molecule has 0 bridgehead atoms. The first-order valence-electron chi connectivity index (χ1n) is 8.89. The van der Waals surface area contributed by atoms with Crippen molar-refractivity contribution < 1.29 is 19.2 Å². The van der Waals surface area contributed by atoms with E-state index in [0.29, 0.717) is 18.2 Å². The number of non-ortho nitro benzene ring substituents is 1. The van der Waals surface area contributed by atoms with E-state index in [-0.39, 0.29) is 42.4 Å². The Labute approximate surface area is 151 Å². The number of carbonyl (C=O) groups excluding carboxylic acids is 2. The maximum Gasteiger partial charge on any atom is 0.271 e. The molecule has 1 atom stereocenters. The average Bonchev–Trinajstić information content (AvgIpc) is 2.63. The van der Waals surface area contributed by atoms with Gasteiger partial charge in [-0.15, -0.1) is 0 Å². The summed E-state index contributed by atoms with van der Waals surface area (Å²) in [6.45, 7) is 4.57. The molecule has 2 aliphatic rings. The standard InChI is InChI=1S/C18H23N3O5/c1-12(2)14-5-3-4-8-19(14)17(22)10-20-15-9-13(21(24)25)6-7-16(15)26-11-18(20)23/h6-7,9,12,14H,3-5,8,10-11H2,1-2H3. The molecule has 0 aliphatic carbocycles. The van der Waals surface area contributed by atoms with Gasteiger partial charge >= 0.3 is 0 Å². The number of hydrogen-bond acceptors (Lipinski definition) is 5. The highest BCUT2D eigenvalue weighted by molar-refractivity contribution is 6.02. The number of amides is 2. The van der Waals surface area contributed by atoms with E-state index in [2.05, 4.69) is 13.8 Å². The van der Waals surface area contributed by atoms with Gasteiger partial charge in [0, 0.05) is 24.7 Å². The van der Waals surface area contributed by atoms with E-state index >= 15 is 0 Å². The molecule has 0 aromatic heterocycles. The van der Waals surface area contributed by atoms with Crippen LogP contribution in [0.4, 0.5) is 11.4 Å². The van der Waals surface area contributed by atoms with Gasteiger partial charge in [0.2, 0.25) is 5.91 Å². The summed E-state index contributed by atoms with van der Waals surface area (Å²) in [4.78, 5) is 38.9. The number of ether oxygens (including phenoxy) is 1. The first kappa shape index (κ1) is 18.2. The molecule has 2 amide bonds. The predicted molar refractivity (Wildman–Crippen MR) is 95.1 cm³/mol. The Bertz CT molecular complexity index is 734. The van der Waals surface area contributed by atoms with Crippen LogP contribution < -0.4 is 9.64 Å². The second-order valence-electron chi connectivity index (χ2n) is 7.07. The van der Waals surface area contributed by atoms with Gasteiger partial charge in [-0.25, -0.2) is 0 Å². The largest absolute Gasteiger partial charge is 0.482 e. The van der Waals surface area contributed by atoms with Gasteiger partial charge in [0.15, 0.2) is 6.61 Å². The molecule has 2 heterocycles. The first-order chi connectivity index (χ1) is 12.4. The van der Waals surface area contributed by atoms with Crippen LogP contribution in [0.25, 0.3) is 0 Å². The number of rotatable bonds is 4. The smallest absolute Gasteiger partial charge is 0.271 e. The number of nitro benzene ring substituents is 1. The molecular formula is C18H23N3O5. The number of piperidine rings is 1. The van der Waals surface area contributed by atoms with Crippen LogP contribution in [-0.4, -0.2) is 47.4 Å². The molecule has 1 fully saturated rings. The minimum Gasteiger partial charge on any atom is -0.482 e. The molecule has 0 radical (unpaired) electrons. The van der Waals surface area contributed by atoms with E-state index in [0.717, 1.165) is 19.3 Å². The normalized spacial score (nSPS) is 20.0. The van der Waals surface area contributed by atoms with E-state index in [1.807, 2.05) is 4.90 Å². The number of fused-ring (bicyclic) bond motifs is 1. The molecule has 1 saturated heterocycles. The zero-order chi connectivity index (χ0) is 18.8. The fourth-order valence-electron chi connectivity index (χ4n) is 3.66. The van der Waals surface area contributed by atoms with Crippen LogP contribution in [0.15, 0.2) is 18.2 Å². The molecular weight excluding hydrogens is 338 g/mol. The van der Waals surface area contributed by atoms with Crippen molar-refractivity contribution in [3.63, 3.8) is 0 Å². The van der Waals surface area contributed by atoms with Gasteiger partial charge in [0.25, 0.3) is 11.6 Å². The lowest BCUT2D eigenvalue weighted by atomic mass is 9.92. The van der Waals surface area contributed by atoms with Crippen LogP contribution in [0.5, 0.6) is 5.75 Å². The van der Waals surface area contributed by atoms with E-state index in [4.69, 9.17) is 4.74 Å². The topological polar surface area (TPSA) is 93.0 Å². The van der Waals surface area contributed by atoms with Gasteiger partial charge < -0.3 is 9.64 Å². The highest BCUT2D eigenvalue weighted by atomic mass is 16.6. The summed E-state index contributed by atoms with van der Waals surface area (Å²) in [5.41, 5.74) is 0.138. The van der Waals surface area contributed by atoms with Crippen LogP contribution in [0.3, 0.4) is 0 Å². The van der Waals surface area contributed by atoms with Crippen molar-refractivity contribution in [2.75, 3.05) is 24.6 Å². The number of benzene rings is 1. The number of nitro groups is 1.